The van der Waals surface area contributed by atoms with E-state index in [1.165, 1.54) is 0 Å². The topological polar surface area (TPSA) is 46.8 Å². The van der Waals surface area contributed by atoms with Crippen LogP contribution < -0.4 is 4.90 Å². The summed E-state index contributed by atoms with van der Waals surface area (Å²) in [6.45, 7) is 2.58. The molecule has 16 heavy (non-hydrogen) atoms. The summed E-state index contributed by atoms with van der Waals surface area (Å²) in [5.74, 6) is 1.69. The third-order valence-corrected chi connectivity index (χ3v) is 2.90. The molecule has 0 aliphatic carbocycles. The lowest BCUT2D eigenvalue weighted by Gasteiger charge is -2.27. The number of hydrogen-bond donors (Lipinski definition) is 0. The molecule has 3 rings (SSSR count). The van der Waals surface area contributed by atoms with Gasteiger partial charge in [0.25, 0.3) is 0 Å². The number of halogens is 1. The molecule has 0 saturated heterocycles. The fraction of sp³-hybridized carbons (Fsp3) is 0.300. The molecule has 0 radical (unpaired) electrons. The lowest BCUT2D eigenvalue weighted by Crippen LogP contribution is -2.26. The van der Waals surface area contributed by atoms with E-state index in [2.05, 4.69) is 15.1 Å². The molecule has 6 heteroatoms. The van der Waals surface area contributed by atoms with Crippen LogP contribution in [0.3, 0.4) is 0 Å². The molecular formula is C10H10ClN5. The molecule has 1 aliphatic rings. The Labute approximate surface area is 97.7 Å². The summed E-state index contributed by atoms with van der Waals surface area (Å²) in [5, 5.41) is 4.86. The van der Waals surface area contributed by atoms with Gasteiger partial charge in [0.2, 0.25) is 0 Å². The van der Waals surface area contributed by atoms with E-state index >= 15 is 0 Å². The molecule has 0 spiro atoms. The molecule has 0 unspecified atom stereocenters. The highest BCUT2D eigenvalue weighted by molar-refractivity contribution is 6.32. The number of hydrogen-bond acceptors (Lipinski definition) is 4. The van der Waals surface area contributed by atoms with Crippen molar-refractivity contribution >= 4 is 17.3 Å². The van der Waals surface area contributed by atoms with Gasteiger partial charge in [-0.3, -0.25) is 0 Å². The second-order valence-electron chi connectivity index (χ2n) is 3.81. The molecule has 0 atom stereocenters. The van der Waals surface area contributed by atoms with Crippen molar-refractivity contribution in [1.29, 1.82) is 0 Å². The lowest BCUT2D eigenvalue weighted by atomic mass is 10.2. The van der Waals surface area contributed by atoms with Crippen LogP contribution in [0.4, 0.5) is 5.69 Å². The van der Waals surface area contributed by atoms with Crippen molar-refractivity contribution in [3.63, 3.8) is 0 Å². The van der Waals surface area contributed by atoms with Crippen molar-refractivity contribution in [3.8, 4) is 5.69 Å². The van der Waals surface area contributed by atoms with Gasteiger partial charge in [-0.15, -0.1) is 0 Å². The maximum Gasteiger partial charge on any atom is 0.154 e. The number of aryl methyl sites for hydroxylation is 1. The quantitative estimate of drug-likeness (QED) is 0.651. The first-order valence-electron chi connectivity index (χ1n) is 4.95. The van der Waals surface area contributed by atoms with Gasteiger partial charge in [0.1, 0.15) is 11.5 Å². The maximum absolute atomic E-state index is 6.10. The molecule has 0 bridgehead atoms. The largest absolute Gasteiger partial charge is 0.363 e. The van der Waals surface area contributed by atoms with Crippen LogP contribution in [0.15, 0.2) is 12.3 Å². The number of fused-ring (bicyclic) bond motifs is 3. The van der Waals surface area contributed by atoms with Crippen molar-refractivity contribution in [3.05, 3.63) is 29.1 Å². The van der Waals surface area contributed by atoms with Crippen molar-refractivity contribution in [2.45, 2.75) is 13.5 Å². The van der Waals surface area contributed by atoms with Gasteiger partial charge in [0.15, 0.2) is 11.0 Å². The standard InChI is InChI=1S/C10H10ClN5/c1-6-13-8-5-15(2)9-7(16(8)14-6)3-4-12-10(9)11/h3-4H,5H2,1-2H3. The van der Waals surface area contributed by atoms with Crippen molar-refractivity contribution in [2.75, 3.05) is 11.9 Å². The minimum atomic E-state index is 0.499. The van der Waals surface area contributed by atoms with E-state index in [0.717, 1.165) is 23.0 Å². The van der Waals surface area contributed by atoms with Gasteiger partial charge in [-0.05, 0) is 13.0 Å². The zero-order valence-corrected chi connectivity index (χ0v) is 9.73. The zero-order valence-electron chi connectivity index (χ0n) is 8.98. The van der Waals surface area contributed by atoms with Crippen LogP contribution in [-0.2, 0) is 6.54 Å². The van der Waals surface area contributed by atoms with E-state index in [9.17, 15) is 0 Å². The Kier molecular flexibility index (Phi) is 1.91. The van der Waals surface area contributed by atoms with Crippen LogP contribution in [0.1, 0.15) is 11.6 Å². The third kappa shape index (κ3) is 1.21. The number of aromatic nitrogens is 4. The molecule has 2 aromatic rings. The molecular weight excluding hydrogens is 226 g/mol. The van der Waals surface area contributed by atoms with E-state index in [1.54, 1.807) is 6.20 Å². The van der Waals surface area contributed by atoms with Crippen LogP contribution in [0, 0.1) is 6.92 Å². The molecule has 0 N–H and O–H groups in total. The highest BCUT2D eigenvalue weighted by Gasteiger charge is 2.24. The average molecular weight is 236 g/mol. The zero-order chi connectivity index (χ0) is 11.3. The first-order valence-corrected chi connectivity index (χ1v) is 5.33. The number of nitrogens with zero attached hydrogens (tertiary/aromatic N) is 5. The summed E-state index contributed by atoms with van der Waals surface area (Å²) >= 11 is 6.10. The monoisotopic (exact) mass is 235 g/mol. The highest BCUT2D eigenvalue weighted by Crippen LogP contribution is 2.34. The van der Waals surface area contributed by atoms with Gasteiger partial charge in [0.05, 0.1) is 12.2 Å². The van der Waals surface area contributed by atoms with Gasteiger partial charge in [0, 0.05) is 13.2 Å². The molecule has 0 saturated carbocycles. The normalized spacial score (nSPS) is 13.6. The van der Waals surface area contributed by atoms with E-state index < -0.39 is 0 Å². The highest BCUT2D eigenvalue weighted by atomic mass is 35.5. The van der Waals surface area contributed by atoms with Gasteiger partial charge in [-0.2, -0.15) is 5.10 Å². The smallest absolute Gasteiger partial charge is 0.154 e. The first-order chi connectivity index (χ1) is 7.66. The first kappa shape index (κ1) is 9.59. The van der Waals surface area contributed by atoms with E-state index in [1.807, 2.05) is 29.6 Å². The van der Waals surface area contributed by atoms with E-state index in [4.69, 9.17) is 11.6 Å². The van der Waals surface area contributed by atoms with E-state index in [-0.39, 0.29) is 0 Å². The predicted molar refractivity (Wildman–Crippen MR) is 61.0 cm³/mol. The molecule has 1 aliphatic heterocycles. The minimum absolute atomic E-state index is 0.499. The summed E-state index contributed by atoms with van der Waals surface area (Å²) < 4.78 is 1.83. The Hall–Kier alpha value is -1.62. The molecule has 5 nitrogen and oxygen atoms in total. The Morgan fingerprint density at radius 3 is 3.06 bits per heavy atom. The summed E-state index contributed by atoms with van der Waals surface area (Å²) in [6.07, 6.45) is 1.68. The van der Waals surface area contributed by atoms with Crippen LogP contribution >= 0.6 is 11.6 Å². The van der Waals surface area contributed by atoms with Crippen molar-refractivity contribution in [1.82, 2.24) is 19.7 Å². The van der Waals surface area contributed by atoms with Gasteiger partial charge >= 0.3 is 0 Å². The fourth-order valence-corrected chi connectivity index (χ4v) is 2.29. The van der Waals surface area contributed by atoms with Crippen LogP contribution in [0.25, 0.3) is 5.69 Å². The molecule has 3 heterocycles. The van der Waals surface area contributed by atoms with E-state index in [0.29, 0.717) is 11.7 Å². The third-order valence-electron chi connectivity index (χ3n) is 2.63. The summed E-state index contributed by atoms with van der Waals surface area (Å²) in [4.78, 5) is 10.5. The Balaban J connectivity index is 2.32. The molecule has 0 aromatic carbocycles. The molecule has 0 fully saturated rings. The fourth-order valence-electron chi connectivity index (χ4n) is 1.99. The number of anilines is 1. The summed E-state index contributed by atoms with van der Waals surface area (Å²) in [7, 11) is 1.97. The SMILES string of the molecule is Cc1nc2n(n1)-c1ccnc(Cl)c1N(C)C2. The van der Waals surface area contributed by atoms with Crippen molar-refractivity contribution < 1.29 is 0 Å². The molecule has 0 amide bonds. The summed E-state index contributed by atoms with van der Waals surface area (Å²) in [5.41, 5.74) is 1.84. The Morgan fingerprint density at radius 1 is 1.44 bits per heavy atom. The second kappa shape index (κ2) is 3.18. The van der Waals surface area contributed by atoms with Gasteiger partial charge < -0.3 is 4.90 Å². The van der Waals surface area contributed by atoms with Crippen LogP contribution in [0.2, 0.25) is 5.15 Å². The van der Waals surface area contributed by atoms with Crippen molar-refractivity contribution in [2.24, 2.45) is 0 Å². The molecule has 2 aromatic heterocycles. The maximum atomic E-state index is 6.10. The van der Waals surface area contributed by atoms with Gasteiger partial charge in [-0.25, -0.2) is 14.6 Å². The predicted octanol–water partition coefficient (Wildman–Crippen LogP) is 1.57. The van der Waals surface area contributed by atoms with Crippen LogP contribution in [-0.4, -0.2) is 26.8 Å². The minimum Gasteiger partial charge on any atom is -0.363 e. The summed E-state index contributed by atoms with van der Waals surface area (Å²) in [6, 6.07) is 1.90. The Morgan fingerprint density at radius 2 is 2.25 bits per heavy atom. The Bertz CT molecular complexity index is 562. The number of rotatable bonds is 0. The van der Waals surface area contributed by atoms with Crippen LogP contribution in [0.5, 0.6) is 0 Å². The average Bonchev–Trinajstić information content (AvgIpc) is 2.58. The number of pyridine rings is 1. The second-order valence-corrected chi connectivity index (χ2v) is 4.17. The molecule has 82 valence electrons. The van der Waals surface area contributed by atoms with Gasteiger partial charge in [-0.1, -0.05) is 11.6 Å². The lowest BCUT2D eigenvalue weighted by molar-refractivity contribution is 0.721.